The number of nitrogens with zero attached hydrogens (tertiary/aromatic N) is 2. The third-order valence-corrected chi connectivity index (χ3v) is 4.03. The first-order valence-corrected chi connectivity index (χ1v) is 7.87. The first-order chi connectivity index (χ1) is 10.3. The Balaban J connectivity index is 1.75. The molecule has 0 aliphatic carbocycles. The van der Waals surface area contributed by atoms with Gasteiger partial charge >= 0.3 is 0 Å². The maximum absolute atomic E-state index is 10.7. The molecule has 1 aliphatic rings. The number of nitrogens with two attached hydrogens (primary N) is 1. The van der Waals surface area contributed by atoms with Crippen molar-refractivity contribution in [3.63, 3.8) is 0 Å². The maximum atomic E-state index is 10.7. The van der Waals surface area contributed by atoms with Crippen LogP contribution in [0.4, 0.5) is 0 Å². The summed E-state index contributed by atoms with van der Waals surface area (Å²) in [6.45, 7) is 4.30. The fourth-order valence-electron chi connectivity index (χ4n) is 2.88. The number of unbranched alkanes of at least 4 members (excludes halogenated alkanes) is 2. The molecule has 1 aromatic rings. The number of pyridine rings is 1. The van der Waals surface area contributed by atoms with Gasteiger partial charge in [0.25, 0.3) is 0 Å². The molecule has 0 saturated carbocycles. The van der Waals surface area contributed by atoms with Gasteiger partial charge in [-0.2, -0.15) is 0 Å². The summed E-state index contributed by atoms with van der Waals surface area (Å²) in [5.74, 6) is -0.188. The lowest BCUT2D eigenvalue weighted by molar-refractivity contribution is -0.118. The minimum Gasteiger partial charge on any atom is -0.370 e. The van der Waals surface area contributed by atoms with Gasteiger partial charge in [-0.1, -0.05) is 12.5 Å². The Morgan fingerprint density at radius 1 is 1.43 bits per heavy atom. The van der Waals surface area contributed by atoms with E-state index in [9.17, 15) is 4.79 Å². The normalized spacial score (nSPS) is 19.5. The molecule has 5 heteroatoms. The summed E-state index contributed by atoms with van der Waals surface area (Å²) in [6, 6.07) is 4.69. The molecule has 1 saturated heterocycles. The number of rotatable bonds is 8. The maximum Gasteiger partial charge on any atom is 0.217 e. The molecule has 0 bridgehead atoms. The lowest BCUT2D eigenvalue weighted by atomic mass is 10.0. The molecule has 2 rings (SSSR count). The molecule has 1 atom stereocenters. The number of carbonyl (C=O) groups excluding carboxylic acids is 1. The molecular formula is C16H26N4O. The van der Waals surface area contributed by atoms with E-state index in [-0.39, 0.29) is 5.91 Å². The lowest BCUT2D eigenvalue weighted by Crippen LogP contribution is -2.52. The number of hydrogen-bond donors (Lipinski definition) is 2. The molecule has 5 nitrogen and oxygen atoms in total. The Kier molecular flexibility index (Phi) is 6.63. The molecule has 21 heavy (non-hydrogen) atoms. The zero-order valence-corrected chi connectivity index (χ0v) is 12.6. The number of amides is 1. The van der Waals surface area contributed by atoms with Crippen LogP contribution in [-0.4, -0.2) is 48.0 Å². The van der Waals surface area contributed by atoms with Gasteiger partial charge in [-0.25, -0.2) is 0 Å². The molecule has 1 aromatic heterocycles. The second-order valence-corrected chi connectivity index (χ2v) is 5.74. The minimum atomic E-state index is -0.188. The van der Waals surface area contributed by atoms with Gasteiger partial charge in [0.1, 0.15) is 0 Å². The van der Waals surface area contributed by atoms with Gasteiger partial charge in [0.2, 0.25) is 5.91 Å². The first kappa shape index (κ1) is 15.9. The molecule has 1 unspecified atom stereocenters. The summed E-state index contributed by atoms with van der Waals surface area (Å²) in [6.07, 6.45) is 8.46. The van der Waals surface area contributed by atoms with E-state index in [1.54, 1.807) is 0 Å². The number of aromatic nitrogens is 1. The van der Waals surface area contributed by atoms with Crippen LogP contribution < -0.4 is 11.1 Å². The predicted octanol–water partition coefficient (Wildman–Crippen LogP) is 0.944. The van der Waals surface area contributed by atoms with Gasteiger partial charge in [0.15, 0.2) is 0 Å². The van der Waals surface area contributed by atoms with Crippen LogP contribution in [0.15, 0.2) is 24.5 Å². The van der Waals surface area contributed by atoms with E-state index >= 15 is 0 Å². The highest BCUT2D eigenvalue weighted by Gasteiger charge is 2.21. The Morgan fingerprint density at radius 2 is 2.33 bits per heavy atom. The van der Waals surface area contributed by atoms with Crippen molar-refractivity contribution in [1.29, 1.82) is 0 Å². The Hall–Kier alpha value is -1.46. The second kappa shape index (κ2) is 8.74. The Bertz CT molecular complexity index is 424. The van der Waals surface area contributed by atoms with Crippen LogP contribution >= 0.6 is 0 Å². The third-order valence-electron chi connectivity index (χ3n) is 4.03. The van der Waals surface area contributed by atoms with Crippen molar-refractivity contribution in [2.24, 2.45) is 5.73 Å². The molecule has 0 radical (unpaired) electrons. The summed E-state index contributed by atoms with van der Waals surface area (Å²) in [5.41, 5.74) is 6.46. The fourth-order valence-corrected chi connectivity index (χ4v) is 2.88. The van der Waals surface area contributed by atoms with Gasteiger partial charge in [-0.05, 0) is 37.4 Å². The molecule has 2 heterocycles. The van der Waals surface area contributed by atoms with Gasteiger partial charge < -0.3 is 11.1 Å². The number of primary amides is 1. The van der Waals surface area contributed by atoms with Gasteiger partial charge in [0, 0.05) is 44.5 Å². The molecule has 1 aliphatic heterocycles. The topological polar surface area (TPSA) is 71.2 Å². The van der Waals surface area contributed by atoms with E-state index in [4.69, 9.17) is 5.73 Å². The Labute approximate surface area is 126 Å². The van der Waals surface area contributed by atoms with Crippen molar-refractivity contribution in [2.75, 3.05) is 26.2 Å². The average molecular weight is 290 g/mol. The molecule has 1 amide bonds. The van der Waals surface area contributed by atoms with Crippen molar-refractivity contribution >= 4 is 5.91 Å². The summed E-state index contributed by atoms with van der Waals surface area (Å²) < 4.78 is 0. The van der Waals surface area contributed by atoms with Crippen LogP contribution in [0.5, 0.6) is 0 Å². The monoisotopic (exact) mass is 290 g/mol. The van der Waals surface area contributed by atoms with E-state index in [1.165, 1.54) is 5.56 Å². The Morgan fingerprint density at radius 3 is 3.10 bits per heavy atom. The summed E-state index contributed by atoms with van der Waals surface area (Å²) in [5, 5.41) is 3.48. The van der Waals surface area contributed by atoms with Crippen LogP contribution in [0.2, 0.25) is 0 Å². The lowest BCUT2D eigenvalue weighted by Gasteiger charge is -2.36. The summed E-state index contributed by atoms with van der Waals surface area (Å²) in [4.78, 5) is 17.5. The van der Waals surface area contributed by atoms with Crippen LogP contribution in [0.3, 0.4) is 0 Å². The smallest absolute Gasteiger partial charge is 0.217 e. The molecule has 1 fully saturated rings. The van der Waals surface area contributed by atoms with E-state index in [1.807, 2.05) is 18.5 Å². The van der Waals surface area contributed by atoms with Crippen molar-refractivity contribution in [3.05, 3.63) is 30.1 Å². The first-order valence-electron chi connectivity index (χ1n) is 7.87. The van der Waals surface area contributed by atoms with Crippen LogP contribution in [0, 0.1) is 0 Å². The quantitative estimate of drug-likeness (QED) is 0.699. The molecular weight excluding hydrogens is 264 g/mol. The van der Waals surface area contributed by atoms with E-state index in [0.29, 0.717) is 12.5 Å². The van der Waals surface area contributed by atoms with Gasteiger partial charge in [-0.15, -0.1) is 0 Å². The number of hydrogen-bond acceptors (Lipinski definition) is 4. The SMILES string of the molecule is NC(=O)CCCCCN1CCNCC1Cc1cccnc1. The highest BCUT2D eigenvalue weighted by atomic mass is 16.1. The van der Waals surface area contributed by atoms with Crippen molar-refractivity contribution in [3.8, 4) is 0 Å². The van der Waals surface area contributed by atoms with E-state index < -0.39 is 0 Å². The van der Waals surface area contributed by atoms with E-state index in [2.05, 4.69) is 21.3 Å². The second-order valence-electron chi connectivity index (χ2n) is 5.74. The van der Waals surface area contributed by atoms with Crippen LogP contribution in [0.1, 0.15) is 31.2 Å². The largest absolute Gasteiger partial charge is 0.370 e. The van der Waals surface area contributed by atoms with Gasteiger partial charge in [-0.3, -0.25) is 14.7 Å². The highest BCUT2D eigenvalue weighted by molar-refractivity contribution is 5.73. The molecule has 0 spiro atoms. The fraction of sp³-hybridized carbons (Fsp3) is 0.625. The zero-order chi connectivity index (χ0) is 14.9. The summed E-state index contributed by atoms with van der Waals surface area (Å²) >= 11 is 0. The third kappa shape index (κ3) is 5.81. The highest BCUT2D eigenvalue weighted by Crippen LogP contribution is 2.12. The van der Waals surface area contributed by atoms with E-state index in [0.717, 1.165) is 51.9 Å². The predicted molar refractivity (Wildman–Crippen MR) is 83.8 cm³/mol. The van der Waals surface area contributed by atoms with Crippen molar-refractivity contribution < 1.29 is 4.79 Å². The standard InChI is InChI=1S/C16H26N4O/c17-16(21)6-2-1-3-9-20-10-8-19-13-15(20)11-14-5-4-7-18-12-14/h4-5,7,12,15,19H,1-3,6,8-11,13H2,(H2,17,21). The summed E-state index contributed by atoms with van der Waals surface area (Å²) in [7, 11) is 0. The molecule has 0 aromatic carbocycles. The van der Waals surface area contributed by atoms with Crippen molar-refractivity contribution in [1.82, 2.24) is 15.2 Å². The van der Waals surface area contributed by atoms with Gasteiger partial charge in [0.05, 0.1) is 0 Å². The van der Waals surface area contributed by atoms with Crippen LogP contribution in [-0.2, 0) is 11.2 Å². The average Bonchev–Trinajstić information content (AvgIpc) is 2.49. The zero-order valence-electron chi connectivity index (χ0n) is 12.6. The van der Waals surface area contributed by atoms with Crippen LogP contribution in [0.25, 0.3) is 0 Å². The van der Waals surface area contributed by atoms with Crippen molar-refractivity contribution in [2.45, 2.75) is 38.1 Å². The minimum absolute atomic E-state index is 0.188. The number of nitrogens with one attached hydrogen (secondary N) is 1. The number of piperazine rings is 1. The molecule has 3 N–H and O–H groups in total. The number of carbonyl (C=O) groups is 1. The molecule has 116 valence electrons.